The van der Waals surface area contributed by atoms with Gasteiger partial charge in [0.05, 0.1) is 4.92 Å². The molecule has 0 radical (unpaired) electrons. The van der Waals surface area contributed by atoms with Gasteiger partial charge in [-0.25, -0.2) is 9.97 Å². The molecular formula is C17H17FN4O2S. The van der Waals surface area contributed by atoms with Gasteiger partial charge in [0.15, 0.2) is 5.16 Å². The molecule has 0 saturated carbocycles. The van der Waals surface area contributed by atoms with E-state index in [2.05, 4.69) is 28.7 Å². The molecule has 8 heteroatoms. The third-order valence-corrected chi connectivity index (χ3v) is 4.60. The second-order valence-electron chi connectivity index (χ2n) is 5.95. The molecule has 130 valence electrons. The van der Waals surface area contributed by atoms with Crippen LogP contribution in [0.4, 0.5) is 15.9 Å². The molecule has 25 heavy (non-hydrogen) atoms. The molecule has 0 unspecified atom stereocenters. The molecule has 1 aromatic carbocycles. The number of benzene rings is 1. The van der Waals surface area contributed by atoms with Gasteiger partial charge in [0.1, 0.15) is 5.82 Å². The Hall–Kier alpha value is -2.48. The van der Waals surface area contributed by atoms with Crippen LogP contribution in [0.15, 0.2) is 29.6 Å². The van der Waals surface area contributed by atoms with E-state index in [0.717, 1.165) is 23.0 Å². The molecule has 0 N–H and O–H groups in total. The summed E-state index contributed by atoms with van der Waals surface area (Å²) in [6, 6.07) is 4.16. The summed E-state index contributed by atoms with van der Waals surface area (Å²) in [6.07, 6.45) is 5.58. The molecule has 2 aromatic rings. The predicted molar refractivity (Wildman–Crippen MR) is 97.2 cm³/mol. The molecule has 0 aliphatic carbocycles. The molecule has 2 heterocycles. The average Bonchev–Trinajstić information content (AvgIpc) is 2.60. The van der Waals surface area contributed by atoms with Gasteiger partial charge in [-0.15, -0.1) is 0 Å². The molecule has 3 rings (SSSR count). The van der Waals surface area contributed by atoms with Crippen LogP contribution in [-0.4, -0.2) is 33.7 Å². The Morgan fingerprint density at radius 1 is 1.40 bits per heavy atom. The highest BCUT2D eigenvalue weighted by molar-refractivity contribution is 7.98. The Morgan fingerprint density at radius 2 is 2.16 bits per heavy atom. The monoisotopic (exact) mass is 360 g/mol. The van der Waals surface area contributed by atoms with Crippen LogP contribution in [0.3, 0.4) is 0 Å². The Morgan fingerprint density at radius 3 is 2.80 bits per heavy atom. The summed E-state index contributed by atoms with van der Waals surface area (Å²) >= 11 is 1.47. The quantitative estimate of drug-likeness (QED) is 0.355. The molecule has 1 aliphatic heterocycles. The van der Waals surface area contributed by atoms with Gasteiger partial charge >= 0.3 is 5.69 Å². The van der Waals surface area contributed by atoms with Crippen molar-refractivity contribution in [3.63, 3.8) is 0 Å². The van der Waals surface area contributed by atoms with Gasteiger partial charge in [-0.2, -0.15) is 4.39 Å². The van der Waals surface area contributed by atoms with E-state index < -0.39 is 16.4 Å². The van der Waals surface area contributed by atoms with Gasteiger partial charge in [0.25, 0.3) is 0 Å². The fraction of sp³-hybridized carbons (Fsp3) is 0.294. The fourth-order valence-corrected chi connectivity index (χ4v) is 3.08. The lowest BCUT2D eigenvalue weighted by atomic mass is 9.98. The lowest BCUT2D eigenvalue weighted by Crippen LogP contribution is -2.35. The van der Waals surface area contributed by atoms with Crippen molar-refractivity contribution in [1.82, 2.24) is 9.97 Å². The summed E-state index contributed by atoms with van der Waals surface area (Å²) in [6.45, 7) is 4.65. The fourth-order valence-electron chi connectivity index (χ4n) is 2.74. The lowest BCUT2D eigenvalue weighted by molar-refractivity contribution is -0.387. The molecule has 0 amide bonds. The van der Waals surface area contributed by atoms with Gasteiger partial charge in [0.2, 0.25) is 5.82 Å². The zero-order valence-electron chi connectivity index (χ0n) is 14.1. The van der Waals surface area contributed by atoms with E-state index in [4.69, 9.17) is 0 Å². The zero-order chi connectivity index (χ0) is 18.1. The van der Waals surface area contributed by atoms with Crippen LogP contribution in [0.2, 0.25) is 0 Å². The van der Waals surface area contributed by atoms with Crippen molar-refractivity contribution >= 4 is 34.9 Å². The highest BCUT2D eigenvalue weighted by Gasteiger charge is 2.25. The van der Waals surface area contributed by atoms with Crippen LogP contribution in [0.5, 0.6) is 0 Å². The molecule has 0 atom stereocenters. The summed E-state index contributed by atoms with van der Waals surface area (Å²) in [7, 11) is 0. The second kappa shape index (κ2) is 6.79. The number of hydrogen-bond donors (Lipinski definition) is 0. The predicted octanol–water partition coefficient (Wildman–Crippen LogP) is 4.01. The highest BCUT2D eigenvalue weighted by atomic mass is 32.2. The van der Waals surface area contributed by atoms with Crippen molar-refractivity contribution in [1.29, 1.82) is 0 Å². The van der Waals surface area contributed by atoms with Crippen molar-refractivity contribution in [3.05, 3.63) is 51.5 Å². The van der Waals surface area contributed by atoms with Crippen LogP contribution in [0.25, 0.3) is 11.6 Å². The van der Waals surface area contributed by atoms with Crippen LogP contribution < -0.4 is 4.90 Å². The number of nitro groups is 1. The number of halogens is 1. The number of aromatic nitrogens is 2. The highest BCUT2D eigenvalue weighted by Crippen LogP contribution is 2.34. The Kier molecular flexibility index (Phi) is 4.71. The van der Waals surface area contributed by atoms with E-state index in [1.807, 2.05) is 12.3 Å². The van der Waals surface area contributed by atoms with Crippen molar-refractivity contribution in [2.75, 3.05) is 17.7 Å². The van der Waals surface area contributed by atoms with E-state index in [9.17, 15) is 14.5 Å². The third-order valence-electron chi connectivity index (χ3n) is 4.04. The second-order valence-corrected chi connectivity index (χ2v) is 6.72. The smallest absolute Gasteiger partial charge is 0.305 e. The number of anilines is 1. The van der Waals surface area contributed by atoms with Gasteiger partial charge in [-0.05, 0) is 43.4 Å². The molecule has 0 saturated heterocycles. The molecular weight excluding hydrogens is 343 g/mol. The molecule has 0 spiro atoms. The van der Waals surface area contributed by atoms with E-state index in [0.29, 0.717) is 17.3 Å². The number of nitro benzene ring substituents is 1. The Balaban J connectivity index is 2.10. The number of rotatable bonds is 4. The summed E-state index contributed by atoms with van der Waals surface area (Å²) in [5.74, 6) is 0.00827. The minimum Gasteiger partial charge on any atom is -0.349 e. The molecule has 1 aliphatic rings. The van der Waals surface area contributed by atoms with Crippen molar-refractivity contribution < 1.29 is 9.31 Å². The van der Waals surface area contributed by atoms with Crippen LogP contribution in [-0.2, 0) is 0 Å². The number of nitrogens with zero attached hydrogens (tertiary/aromatic N) is 4. The molecule has 0 fully saturated rings. The van der Waals surface area contributed by atoms with E-state index in [1.165, 1.54) is 17.8 Å². The molecule has 1 aromatic heterocycles. The zero-order valence-corrected chi connectivity index (χ0v) is 14.9. The minimum atomic E-state index is -0.834. The first kappa shape index (κ1) is 17.3. The maximum atomic E-state index is 13.6. The summed E-state index contributed by atoms with van der Waals surface area (Å²) in [5.41, 5.74) is 1.82. The van der Waals surface area contributed by atoms with Crippen molar-refractivity contribution in [3.8, 4) is 0 Å². The Labute approximate surface area is 148 Å². The summed E-state index contributed by atoms with van der Waals surface area (Å²) in [5, 5.41) is 11.7. The minimum absolute atomic E-state index is 0.183. The first-order chi connectivity index (χ1) is 11.9. The first-order valence-electron chi connectivity index (χ1n) is 7.73. The largest absolute Gasteiger partial charge is 0.349 e. The van der Waals surface area contributed by atoms with Crippen LogP contribution >= 0.6 is 11.8 Å². The number of fused-ring (bicyclic) bond motifs is 1. The lowest BCUT2D eigenvalue weighted by Gasteiger charge is -2.33. The van der Waals surface area contributed by atoms with Gasteiger partial charge in [-0.1, -0.05) is 17.8 Å². The van der Waals surface area contributed by atoms with E-state index in [1.54, 1.807) is 12.3 Å². The average molecular weight is 360 g/mol. The molecule has 6 nitrogen and oxygen atoms in total. The SMILES string of the molecule is CSc1ncc2c(n1)N(C(C)C)CC(c1ccc(F)c([N+](=O)[O-])c1)=C2. The maximum absolute atomic E-state index is 13.6. The van der Waals surface area contributed by atoms with Crippen molar-refractivity contribution in [2.45, 2.75) is 25.0 Å². The third kappa shape index (κ3) is 3.34. The number of thioether (sulfide) groups is 1. The topological polar surface area (TPSA) is 72.2 Å². The van der Waals surface area contributed by atoms with Gasteiger partial charge in [-0.3, -0.25) is 10.1 Å². The summed E-state index contributed by atoms with van der Waals surface area (Å²) in [4.78, 5) is 21.3. The number of hydrogen-bond acceptors (Lipinski definition) is 6. The maximum Gasteiger partial charge on any atom is 0.305 e. The van der Waals surface area contributed by atoms with E-state index >= 15 is 0 Å². The standard InChI is InChI=1S/C17H17FN4O2S/c1-10(2)21-9-13(6-12-8-19-17(25-3)20-16(12)21)11-4-5-14(18)15(7-11)22(23)24/h4-8,10H,9H2,1-3H3. The Bertz CT molecular complexity index is 870. The van der Waals surface area contributed by atoms with E-state index in [-0.39, 0.29) is 6.04 Å². The first-order valence-corrected chi connectivity index (χ1v) is 8.95. The van der Waals surface area contributed by atoms with Gasteiger partial charge in [0, 0.05) is 30.4 Å². The van der Waals surface area contributed by atoms with Gasteiger partial charge < -0.3 is 4.90 Å². The normalized spacial score (nSPS) is 13.6. The van der Waals surface area contributed by atoms with Crippen molar-refractivity contribution in [2.24, 2.45) is 0 Å². The summed E-state index contributed by atoms with van der Waals surface area (Å²) < 4.78 is 13.6. The van der Waals surface area contributed by atoms with Crippen LogP contribution in [0, 0.1) is 15.9 Å². The molecule has 0 bridgehead atoms. The van der Waals surface area contributed by atoms with Crippen LogP contribution in [0.1, 0.15) is 25.0 Å².